The number of fused-ring (bicyclic) bond motifs is 1. The lowest BCUT2D eigenvalue weighted by molar-refractivity contribution is 0.102. The van der Waals surface area contributed by atoms with E-state index in [9.17, 15) is 4.79 Å². The number of carbonyl (C=O) groups is 1. The number of para-hydroxylation sites is 2. The number of pyridine rings is 1. The van der Waals surface area contributed by atoms with E-state index in [2.05, 4.69) is 32.5 Å². The van der Waals surface area contributed by atoms with E-state index in [-0.39, 0.29) is 5.91 Å². The third kappa shape index (κ3) is 3.98. The third-order valence-corrected chi connectivity index (χ3v) is 4.94. The van der Waals surface area contributed by atoms with Crippen LogP contribution in [-0.4, -0.2) is 20.9 Å². The second-order valence-electron chi connectivity index (χ2n) is 7.11. The minimum Gasteiger partial charge on any atom is -0.338 e. The van der Waals surface area contributed by atoms with Gasteiger partial charge < -0.3 is 10.6 Å². The molecule has 6 nitrogen and oxygen atoms in total. The number of carbonyl (C=O) groups excluding carboxylic acids is 1. The van der Waals surface area contributed by atoms with Crippen LogP contribution in [0.3, 0.4) is 0 Å². The average Bonchev–Trinajstić information content (AvgIpc) is 2.75. The van der Waals surface area contributed by atoms with Crippen molar-refractivity contribution in [3.8, 4) is 0 Å². The molecule has 2 aromatic heterocycles. The first-order valence-electron chi connectivity index (χ1n) is 9.91. The first-order valence-corrected chi connectivity index (χ1v) is 9.91. The molecule has 0 fully saturated rings. The summed E-state index contributed by atoms with van der Waals surface area (Å²) in [6.07, 6.45) is 2.59. The SMILES string of the molecule is CCc1cccc(C)c1NC(=O)c1cc(Nc2cccc3cccnc23)nc(C)n1. The Morgan fingerprint density at radius 2 is 1.80 bits per heavy atom. The summed E-state index contributed by atoms with van der Waals surface area (Å²) in [7, 11) is 0. The molecule has 2 heterocycles. The number of hydrogen-bond acceptors (Lipinski definition) is 5. The Morgan fingerprint density at radius 1 is 1.00 bits per heavy atom. The highest BCUT2D eigenvalue weighted by molar-refractivity contribution is 6.04. The van der Waals surface area contributed by atoms with Gasteiger partial charge in [-0.2, -0.15) is 0 Å². The number of hydrogen-bond donors (Lipinski definition) is 2. The molecule has 30 heavy (non-hydrogen) atoms. The number of benzene rings is 2. The molecular weight excluding hydrogens is 374 g/mol. The number of amides is 1. The summed E-state index contributed by atoms with van der Waals surface area (Å²) in [4.78, 5) is 26.2. The van der Waals surface area contributed by atoms with Gasteiger partial charge in [-0.25, -0.2) is 9.97 Å². The second kappa shape index (κ2) is 8.29. The first kappa shape index (κ1) is 19.5. The van der Waals surface area contributed by atoms with Gasteiger partial charge in [0, 0.05) is 23.3 Å². The molecule has 0 spiro atoms. The van der Waals surface area contributed by atoms with Gasteiger partial charge in [0.25, 0.3) is 5.91 Å². The topological polar surface area (TPSA) is 79.8 Å². The summed E-state index contributed by atoms with van der Waals surface area (Å²) in [5.41, 5.74) is 4.93. The molecule has 0 radical (unpaired) electrons. The summed E-state index contributed by atoms with van der Waals surface area (Å²) in [5, 5.41) is 7.34. The zero-order chi connectivity index (χ0) is 21.1. The molecule has 4 aromatic rings. The van der Waals surface area contributed by atoms with Crippen LogP contribution in [0.5, 0.6) is 0 Å². The summed E-state index contributed by atoms with van der Waals surface area (Å²) in [6, 6.07) is 17.5. The average molecular weight is 397 g/mol. The maximum Gasteiger partial charge on any atom is 0.274 e. The van der Waals surface area contributed by atoms with Crippen molar-refractivity contribution in [1.29, 1.82) is 0 Å². The quantitative estimate of drug-likeness (QED) is 0.484. The Balaban J connectivity index is 1.64. The van der Waals surface area contributed by atoms with Gasteiger partial charge in [-0.05, 0) is 43.5 Å². The molecule has 4 rings (SSSR count). The summed E-state index contributed by atoms with van der Waals surface area (Å²) >= 11 is 0. The van der Waals surface area contributed by atoms with Crippen molar-refractivity contribution in [3.63, 3.8) is 0 Å². The lowest BCUT2D eigenvalue weighted by Crippen LogP contribution is -2.17. The van der Waals surface area contributed by atoms with E-state index in [1.54, 1.807) is 19.2 Å². The third-order valence-electron chi connectivity index (χ3n) is 4.94. The molecule has 6 heteroatoms. The second-order valence-corrected chi connectivity index (χ2v) is 7.11. The van der Waals surface area contributed by atoms with Gasteiger partial charge in [-0.15, -0.1) is 0 Å². The molecule has 0 aliphatic rings. The standard InChI is InChI=1S/C24H23N5O/c1-4-17-9-5-8-15(2)22(17)29-24(30)20-14-21(27-16(3)26-20)28-19-12-6-10-18-11-7-13-25-23(18)19/h5-14H,4H2,1-3H3,(H,29,30)(H,26,27,28). The fraction of sp³-hybridized carbons (Fsp3) is 0.167. The molecule has 0 saturated carbocycles. The lowest BCUT2D eigenvalue weighted by Gasteiger charge is -2.14. The van der Waals surface area contributed by atoms with Gasteiger partial charge in [-0.1, -0.05) is 43.3 Å². The molecule has 150 valence electrons. The van der Waals surface area contributed by atoms with Crippen LogP contribution < -0.4 is 10.6 Å². The van der Waals surface area contributed by atoms with Gasteiger partial charge in [0.05, 0.1) is 11.2 Å². The summed E-state index contributed by atoms with van der Waals surface area (Å²) in [6.45, 7) is 5.83. The molecule has 0 saturated heterocycles. The van der Waals surface area contributed by atoms with Crippen molar-refractivity contribution in [3.05, 3.63) is 83.4 Å². The van der Waals surface area contributed by atoms with Crippen molar-refractivity contribution in [2.24, 2.45) is 0 Å². The van der Waals surface area contributed by atoms with Crippen LogP contribution in [0.15, 0.2) is 60.8 Å². The molecule has 0 bridgehead atoms. The Bertz CT molecular complexity index is 1230. The number of anilines is 3. The van der Waals surface area contributed by atoms with E-state index in [1.165, 1.54) is 0 Å². The zero-order valence-corrected chi connectivity index (χ0v) is 17.2. The van der Waals surface area contributed by atoms with E-state index < -0.39 is 0 Å². The fourth-order valence-corrected chi connectivity index (χ4v) is 3.47. The van der Waals surface area contributed by atoms with Crippen molar-refractivity contribution in [2.45, 2.75) is 27.2 Å². The van der Waals surface area contributed by atoms with E-state index >= 15 is 0 Å². The minimum absolute atomic E-state index is 0.261. The Labute approximate surface area is 175 Å². The maximum absolute atomic E-state index is 13.0. The summed E-state index contributed by atoms with van der Waals surface area (Å²) < 4.78 is 0. The number of aromatic nitrogens is 3. The van der Waals surface area contributed by atoms with Crippen molar-refractivity contribution < 1.29 is 4.79 Å². The van der Waals surface area contributed by atoms with E-state index in [0.717, 1.165) is 39.8 Å². The van der Waals surface area contributed by atoms with E-state index in [0.29, 0.717) is 17.3 Å². The van der Waals surface area contributed by atoms with Gasteiger partial charge in [0.15, 0.2) is 0 Å². The zero-order valence-electron chi connectivity index (χ0n) is 17.2. The van der Waals surface area contributed by atoms with Crippen LogP contribution in [0.4, 0.5) is 17.2 Å². The lowest BCUT2D eigenvalue weighted by atomic mass is 10.1. The van der Waals surface area contributed by atoms with Crippen molar-refractivity contribution in [2.75, 3.05) is 10.6 Å². The Kier molecular flexibility index (Phi) is 5.39. The smallest absolute Gasteiger partial charge is 0.274 e. The molecule has 2 N–H and O–H groups in total. The molecular formula is C24H23N5O. The van der Waals surface area contributed by atoms with Crippen LogP contribution in [0.1, 0.15) is 34.4 Å². The van der Waals surface area contributed by atoms with Crippen LogP contribution >= 0.6 is 0 Å². The van der Waals surface area contributed by atoms with E-state index in [1.807, 2.05) is 55.5 Å². The molecule has 1 amide bonds. The van der Waals surface area contributed by atoms with E-state index in [4.69, 9.17) is 0 Å². The van der Waals surface area contributed by atoms with Crippen LogP contribution in [0.25, 0.3) is 10.9 Å². The van der Waals surface area contributed by atoms with Crippen LogP contribution in [0.2, 0.25) is 0 Å². The molecule has 0 aliphatic carbocycles. The first-order chi connectivity index (χ1) is 14.5. The molecule has 2 aromatic carbocycles. The number of nitrogens with zero attached hydrogens (tertiary/aromatic N) is 3. The number of rotatable bonds is 5. The van der Waals surface area contributed by atoms with Gasteiger partial charge in [0.1, 0.15) is 17.3 Å². The van der Waals surface area contributed by atoms with Gasteiger partial charge in [-0.3, -0.25) is 9.78 Å². The number of aryl methyl sites for hydroxylation is 3. The highest BCUT2D eigenvalue weighted by atomic mass is 16.1. The Morgan fingerprint density at radius 3 is 2.63 bits per heavy atom. The predicted molar refractivity (Wildman–Crippen MR) is 120 cm³/mol. The van der Waals surface area contributed by atoms with Crippen LogP contribution in [-0.2, 0) is 6.42 Å². The predicted octanol–water partition coefficient (Wildman–Crippen LogP) is 5.20. The van der Waals surface area contributed by atoms with Crippen molar-refractivity contribution >= 4 is 34.0 Å². The van der Waals surface area contributed by atoms with Crippen LogP contribution in [0, 0.1) is 13.8 Å². The molecule has 0 unspecified atom stereocenters. The normalized spacial score (nSPS) is 10.8. The highest BCUT2D eigenvalue weighted by Gasteiger charge is 2.14. The Hall–Kier alpha value is -3.80. The highest BCUT2D eigenvalue weighted by Crippen LogP contribution is 2.25. The summed E-state index contributed by atoms with van der Waals surface area (Å²) in [5.74, 6) is 0.800. The maximum atomic E-state index is 13.0. The van der Waals surface area contributed by atoms with Gasteiger partial charge in [0.2, 0.25) is 0 Å². The fourth-order valence-electron chi connectivity index (χ4n) is 3.47. The van der Waals surface area contributed by atoms with Gasteiger partial charge >= 0.3 is 0 Å². The molecule has 0 aliphatic heterocycles. The monoisotopic (exact) mass is 397 g/mol. The van der Waals surface area contributed by atoms with Crippen molar-refractivity contribution in [1.82, 2.24) is 15.0 Å². The minimum atomic E-state index is -0.261. The number of nitrogens with one attached hydrogen (secondary N) is 2. The largest absolute Gasteiger partial charge is 0.338 e. The molecule has 0 atom stereocenters.